The van der Waals surface area contributed by atoms with Crippen LogP contribution >= 0.6 is 11.8 Å². The van der Waals surface area contributed by atoms with Crippen LogP contribution in [0.2, 0.25) is 0 Å². The first kappa shape index (κ1) is 11.8. The molecule has 1 amide bonds. The number of hydrogen-bond acceptors (Lipinski definition) is 3. The lowest BCUT2D eigenvalue weighted by atomic mass is 10.4. The molecule has 0 unspecified atom stereocenters. The van der Waals surface area contributed by atoms with E-state index in [2.05, 4.69) is 5.32 Å². The van der Waals surface area contributed by atoms with E-state index in [-0.39, 0.29) is 12.5 Å². The average Bonchev–Trinajstić information content (AvgIpc) is 2.10. The predicted molar refractivity (Wildman–Crippen MR) is 52.3 cm³/mol. The van der Waals surface area contributed by atoms with Crippen LogP contribution in [0.1, 0.15) is 19.8 Å². The smallest absolute Gasteiger partial charge is 0.219 e. The van der Waals surface area contributed by atoms with Crippen LogP contribution in [0.3, 0.4) is 0 Å². The Kier molecular flexibility index (Phi) is 8.71. The SMILES string of the molecule is CCC(=O)NCCSCCCO. The van der Waals surface area contributed by atoms with Crippen LogP contribution in [0, 0.1) is 0 Å². The molecule has 0 aromatic rings. The van der Waals surface area contributed by atoms with Gasteiger partial charge < -0.3 is 10.4 Å². The fourth-order valence-electron chi connectivity index (χ4n) is 0.656. The molecule has 0 aliphatic heterocycles. The van der Waals surface area contributed by atoms with Crippen molar-refractivity contribution in [3.8, 4) is 0 Å². The van der Waals surface area contributed by atoms with Gasteiger partial charge in [-0.15, -0.1) is 0 Å². The van der Waals surface area contributed by atoms with Crippen molar-refractivity contribution in [2.24, 2.45) is 0 Å². The number of aliphatic hydroxyl groups excluding tert-OH is 1. The van der Waals surface area contributed by atoms with Gasteiger partial charge in [0.1, 0.15) is 0 Å². The van der Waals surface area contributed by atoms with Crippen LogP contribution in [0.25, 0.3) is 0 Å². The normalized spacial score (nSPS) is 9.83. The third-order valence-corrected chi connectivity index (χ3v) is 2.41. The summed E-state index contributed by atoms with van der Waals surface area (Å²) in [6.07, 6.45) is 1.40. The topological polar surface area (TPSA) is 49.3 Å². The molecule has 0 bridgehead atoms. The third kappa shape index (κ3) is 7.88. The van der Waals surface area contributed by atoms with Gasteiger partial charge >= 0.3 is 0 Å². The Hall–Kier alpha value is -0.220. The first-order valence-electron chi connectivity index (χ1n) is 4.26. The lowest BCUT2D eigenvalue weighted by Crippen LogP contribution is -2.24. The van der Waals surface area contributed by atoms with E-state index in [9.17, 15) is 4.79 Å². The number of carbonyl (C=O) groups excluding carboxylic acids is 1. The summed E-state index contributed by atoms with van der Waals surface area (Å²) in [4.78, 5) is 10.7. The summed E-state index contributed by atoms with van der Waals surface area (Å²) in [7, 11) is 0. The second-order valence-electron chi connectivity index (χ2n) is 2.39. The van der Waals surface area contributed by atoms with E-state index in [1.54, 1.807) is 11.8 Å². The van der Waals surface area contributed by atoms with Crippen molar-refractivity contribution in [1.82, 2.24) is 5.32 Å². The number of rotatable bonds is 7. The Labute approximate surface area is 77.9 Å². The lowest BCUT2D eigenvalue weighted by molar-refractivity contribution is -0.120. The first-order chi connectivity index (χ1) is 5.81. The molecule has 0 spiro atoms. The Morgan fingerprint density at radius 2 is 2.25 bits per heavy atom. The van der Waals surface area contributed by atoms with Gasteiger partial charge in [0.25, 0.3) is 0 Å². The van der Waals surface area contributed by atoms with E-state index in [4.69, 9.17) is 5.11 Å². The maximum Gasteiger partial charge on any atom is 0.219 e. The van der Waals surface area contributed by atoms with Crippen LogP contribution in [0.5, 0.6) is 0 Å². The molecule has 0 aromatic heterocycles. The third-order valence-electron chi connectivity index (χ3n) is 1.34. The zero-order valence-corrected chi connectivity index (χ0v) is 8.32. The molecule has 12 heavy (non-hydrogen) atoms. The van der Waals surface area contributed by atoms with Gasteiger partial charge in [-0.3, -0.25) is 4.79 Å². The molecule has 0 radical (unpaired) electrons. The first-order valence-corrected chi connectivity index (χ1v) is 5.42. The summed E-state index contributed by atoms with van der Waals surface area (Å²) in [5, 5.41) is 11.3. The number of nitrogens with one attached hydrogen (secondary N) is 1. The van der Waals surface area contributed by atoms with Gasteiger partial charge in [-0.2, -0.15) is 11.8 Å². The van der Waals surface area contributed by atoms with Gasteiger partial charge in [-0.25, -0.2) is 0 Å². The molecule has 0 atom stereocenters. The van der Waals surface area contributed by atoms with Gasteiger partial charge in [0, 0.05) is 25.3 Å². The number of aliphatic hydroxyl groups is 1. The summed E-state index contributed by atoms with van der Waals surface area (Å²) in [6.45, 7) is 2.84. The molecule has 0 aliphatic rings. The van der Waals surface area contributed by atoms with Crippen molar-refractivity contribution < 1.29 is 9.90 Å². The molecule has 0 aliphatic carbocycles. The molecular formula is C8H17NO2S. The highest BCUT2D eigenvalue weighted by Gasteiger charge is 1.94. The van der Waals surface area contributed by atoms with E-state index in [0.29, 0.717) is 6.42 Å². The van der Waals surface area contributed by atoms with Gasteiger partial charge in [-0.1, -0.05) is 6.92 Å². The highest BCUT2D eigenvalue weighted by atomic mass is 32.2. The zero-order valence-electron chi connectivity index (χ0n) is 7.51. The van der Waals surface area contributed by atoms with Crippen molar-refractivity contribution in [2.75, 3.05) is 24.7 Å². The van der Waals surface area contributed by atoms with Crippen molar-refractivity contribution in [3.05, 3.63) is 0 Å². The van der Waals surface area contributed by atoms with E-state index in [1.807, 2.05) is 6.92 Å². The second-order valence-corrected chi connectivity index (χ2v) is 3.62. The number of carbonyl (C=O) groups is 1. The fourth-order valence-corrected chi connectivity index (χ4v) is 1.44. The Bertz CT molecular complexity index is 120. The Balaban J connectivity index is 2.95. The molecule has 0 heterocycles. The quantitative estimate of drug-likeness (QED) is 0.580. The number of hydrogen-bond donors (Lipinski definition) is 2. The minimum atomic E-state index is 0.109. The van der Waals surface area contributed by atoms with Gasteiger partial charge in [0.2, 0.25) is 5.91 Å². The largest absolute Gasteiger partial charge is 0.396 e. The zero-order chi connectivity index (χ0) is 9.23. The summed E-state index contributed by atoms with van der Waals surface area (Å²) in [6, 6.07) is 0. The monoisotopic (exact) mass is 191 g/mol. The van der Waals surface area contributed by atoms with E-state index < -0.39 is 0 Å². The highest BCUT2D eigenvalue weighted by Crippen LogP contribution is 1.99. The van der Waals surface area contributed by atoms with Crippen molar-refractivity contribution >= 4 is 17.7 Å². The van der Waals surface area contributed by atoms with Crippen LogP contribution in [-0.4, -0.2) is 35.7 Å². The minimum Gasteiger partial charge on any atom is -0.396 e. The standard InChI is InChI=1S/C8H17NO2S/c1-2-8(11)9-4-7-12-6-3-5-10/h10H,2-7H2,1H3,(H,9,11). The van der Waals surface area contributed by atoms with E-state index in [0.717, 1.165) is 24.5 Å². The van der Waals surface area contributed by atoms with Crippen LogP contribution in [0.4, 0.5) is 0 Å². The fraction of sp³-hybridized carbons (Fsp3) is 0.875. The van der Waals surface area contributed by atoms with Crippen LogP contribution < -0.4 is 5.32 Å². The van der Waals surface area contributed by atoms with Gasteiger partial charge in [0.15, 0.2) is 0 Å². The molecule has 0 aromatic carbocycles. The molecule has 2 N–H and O–H groups in total. The molecular weight excluding hydrogens is 174 g/mol. The van der Waals surface area contributed by atoms with Gasteiger partial charge in [-0.05, 0) is 12.2 Å². The van der Waals surface area contributed by atoms with Crippen LogP contribution in [-0.2, 0) is 4.79 Å². The van der Waals surface area contributed by atoms with E-state index >= 15 is 0 Å². The van der Waals surface area contributed by atoms with E-state index in [1.165, 1.54) is 0 Å². The van der Waals surface area contributed by atoms with Crippen molar-refractivity contribution in [3.63, 3.8) is 0 Å². The second kappa shape index (κ2) is 8.87. The Morgan fingerprint density at radius 1 is 1.50 bits per heavy atom. The number of thioether (sulfide) groups is 1. The summed E-state index contributed by atoms with van der Waals surface area (Å²) >= 11 is 1.76. The highest BCUT2D eigenvalue weighted by molar-refractivity contribution is 7.99. The van der Waals surface area contributed by atoms with Crippen molar-refractivity contribution in [2.45, 2.75) is 19.8 Å². The summed E-state index contributed by atoms with van der Waals surface area (Å²) in [5.74, 6) is 2.02. The number of amides is 1. The summed E-state index contributed by atoms with van der Waals surface area (Å²) < 4.78 is 0. The lowest BCUT2D eigenvalue weighted by Gasteiger charge is -2.02. The molecule has 0 saturated heterocycles. The predicted octanol–water partition coefficient (Wildman–Crippen LogP) is 0.628. The maximum absolute atomic E-state index is 10.7. The van der Waals surface area contributed by atoms with Crippen molar-refractivity contribution in [1.29, 1.82) is 0 Å². The van der Waals surface area contributed by atoms with Gasteiger partial charge in [0.05, 0.1) is 0 Å². The average molecular weight is 191 g/mol. The molecule has 0 saturated carbocycles. The summed E-state index contributed by atoms with van der Waals surface area (Å²) in [5.41, 5.74) is 0. The Morgan fingerprint density at radius 3 is 2.83 bits per heavy atom. The molecule has 3 nitrogen and oxygen atoms in total. The maximum atomic E-state index is 10.7. The molecule has 0 rings (SSSR count). The minimum absolute atomic E-state index is 0.109. The van der Waals surface area contributed by atoms with Crippen LogP contribution in [0.15, 0.2) is 0 Å². The molecule has 0 fully saturated rings. The molecule has 72 valence electrons. The molecule has 4 heteroatoms.